The SMILES string of the molecule is COC(=O)[C@]1(C)CCC[C@]2(C)c3ccc(C(C)C)cc3-c3c(c4ccccc4n3CCn3ccnc3)C12. The van der Waals surface area contributed by atoms with Gasteiger partial charge >= 0.3 is 5.97 Å². The second-order valence-electron chi connectivity index (χ2n) is 11.8. The minimum absolute atomic E-state index is 0.0352. The van der Waals surface area contributed by atoms with E-state index >= 15 is 0 Å². The number of aryl methyl sites for hydroxylation is 2. The van der Waals surface area contributed by atoms with Crippen molar-refractivity contribution in [2.75, 3.05) is 7.11 Å². The van der Waals surface area contributed by atoms with Crippen LogP contribution >= 0.6 is 0 Å². The molecular weight excluding hydrogens is 458 g/mol. The molecule has 0 bridgehead atoms. The van der Waals surface area contributed by atoms with E-state index in [-0.39, 0.29) is 17.3 Å². The molecule has 0 radical (unpaired) electrons. The van der Waals surface area contributed by atoms with E-state index in [0.29, 0.717) is 5.92 Å². The minimum Gasteiger partial charge on any atom is -0.469 e. The van der Waals surface area contributed by atoms with Gasteiger partial charge in [0.2, 0.25) is 0 Å². The van der Waals surface area contributed by atoms with Crippen LogP contribution in [0.15, 0.2) is 61.2 Å². The van der Waals surface area contributed by atoms with Crippen molar-refractivity contribution in [1.29, 1.82) is 0 Å². The smallest absolute Gasteiger partial charge is 0.312 e. The number of carbonyl (C=O) groups excluding carboxylic acids is 1. The second-order valence-corrected chi connectivity index (χ2v) is 11.8. The molecule has 2 aliphatic carbocycles. The highest BCUT2D eigenvalue weighted by molar-refractivity contribution is 5.96. The van der Waals surface area contributed by atoms with E-state index in [4.69, 9.17) is 4.74 Å². The lowest BCUT2D eigenvalue weighted by molar-refractivity contribution is -0.157. The standard InChI is InChI=1S/C32H37N3O2/c1-21(2)22-11-12-25-24(19-22)28-27(29-31(25,3)13-8-14-32(29,4)30(36)37-5)23-9-6-7-10-26(23)35(28)18-17-34-16-15-33-20-34/h6-7,9-12,15-16,19-21,29H,8,13-14,17-18H2,1-5H3/t29?,31-,32-/m1/s1. The largest absolute Gasteiger partial charge is 0.469 e. The van der Waals surface area contributed by atoms with Crippen LogP contribution < -0.4 is 0 Å². The third-order valence-electron chi connectivity index (χ3n) is 9.34. The number of hydrogen-bond acceptors (Lipinski definition) is 3. The van der Waals surface area contributed by atoms with Crippen molar-refractivity contribution in [2.24, 2.45) is 5.41 Å². The van der Waals surface area contributed by atoms with Gasteiger partial charge in [-0.1, -0.05) is 57.5 Å². The van der Waals surface area contributed by atoms with Crippen LogP contribution in [0.1, 0.15) is 75.5 Å². The molecule has 1 saturated carbocycles. The Kier molecular flexibility index (Phi) is 5.59. The van der Waals surface area contributed by atoms with Crippen molar-refractivity contribution in [3.05, 3.63) is 77.9 Å². The molecule has 2 aliphatic rings. The first-order valence-electron chi connectivity index (χ1n) is 13.6. The van der Waals surface area contributed by atoms with Gasteiger partial charge in [0.05, 0.1) is 24.5 Å². The van der Waals surface area contributed by atoms with E-state index in [1.807, 2.05) is 18.7 Å². The molecular formula is C32H37N3O2. The topological polar surface area (TPSA) is 49.0 Å². The van der Waals surface area contributed by atoms with Gasteiger partial charge < -0.3 is 13.9 Å². The average Bonchev–Trinajstić information content (AvgIpc) is 3.53. The number of ether oxygens (including phenoxy) is 1. The van der Waals surface area contributed by atoms with Crippen LogP contribution in [-0.2, 0) is 28.0 Å². The molecule has 192 valence electrons. The van der Waals surface area contributed by atoms with Crippen LogP contribution in [0.4, 0.5) is 0 Å². The zero-order valence-corrected chi connectivity index (χ0v) is 22.6. The quantitative estimate of drug-likeness (QED) is 0.279. The zero-order valence-electron chi connectivity index (χ0n) is 22.6. The van der Waals surface area contributed by atoms with Gasteiger partial charge in [0.25, 0.3) is 0 Å². The lowest BCUT2D eigenvalue weighted by Crippen LogP contribution is -2.50. The number of carbonyl (C=O) groups is 1. The molecule has 0 spiro atoms. The third-order valence-corrected chi connectivity index (χ3v) is 9.34. The van der Waals surface area contributed by atoms with Crippen molar-refractivity contribution < 1.29 is 9.53 Å². The number of aromatic nitrogens is 3. The van der Waals surface area contributed by atoms with Crippen LogP contribution in [0.5, 0.6) is 0 Å². The Hall–Kier alpha value is -3.34. The number of fused-ring (bicyclic) bond motifs is 8. The number of rotatable bonds is 5. The predicted molar refractivity (Wildman–Crippen MR) is 148 cm³/mol. The van der Waals surface area contributed by atoms with E-state index in [1.54, 1.807) is 7.11 Å². The molecule has 37 heavy (non-hydrogen) atoms. The molecule has 6 rings (SSSR count). The van der Waals surface area contributed by atoms with E-state index in [2.05, 4.69) is 84.3 Å². The summed E-state index contributed by atoms with van der Waals surface area (Å²) < 4.78 is 10.1. The first-order valence-corrected chi connectivity index (χ1v) is 13.6. The fourth-order valence-corrected chi connectivity index (χ4v) is 7.59. The van der Waals surface area contributed by atoms with E-state index < -0.39 is 5.41 Å². The van der Waals surface area contributed by atoms with Gasteiger partial charge in [-0.25, -0.2) is 4.98 Å². The maximum absolute atomic E-state index is 13.5. The number of hydrogen-bond donors (Lipinski definition) is 0. The fourth-order valence-electron chi connectivity index (χ4n) is 7.59. The Morgan fingerprint density at radius 1 is 1.14 bits per heavy atom. The zero-order chi connectivity index (χ0) is 25.9. The van der Waals surface area contributed by atoms with Gasteiger partial charge in [0.1, 0.15) is 0 Å². The monoisotopic (exact) mass is 495 g/mol. The summed E-state index contributed by atoms with van der Waals surface area (Å²) in [6.07, 6.45) is 8.66. The molecule has 1 fully saturated rings. The highest BCUT2D eigenvalue weighted by Gasteiger charge is 2.58. The lowest BCUT2D eigenvalue weighted by atomic mass is 9.49. The van der Waals surface area contributed by atoms with Crippen molar-refractivity contribution in [1.82, 2.24) is 14.1 Å². The number of methoxy groups -OCH3 is 1. The summed E-state index contributed by atoms with van der Waals surface area (Å²) in [7, 11) is 1.54. The molecule has 4 aromatic rings. The van der Waals surface area contributed by atoms with Crippen LogP contribution in [0.3, 0.4) is 0 Å². The fraction of sp³-hybridized carbons (Fsp3) is 0.438. The van der Waals surface area contributed by atoms with Crippen LogP contribution in [0, 0.1) is 5.41 Å². The van der Waals surface area contributed by atoms with E-state index in [1.165, 1.54) is 38.9 Å². The van der Waals surface area contributed by atoms with Crippen LogP contribution in [0.25, 0.3) is 22.2 Å². The molecule has 5 nitrogen and oxygen atoms in total. The molecule has 2 heterocycles. The molecule has 0 aliphatic heterocycles. The molecule has 3 atom stereocenters. The van der Waals surface area contributed by atoms with Gasteiger partial charge in [-0.2, -0.15) is 0 Å². The number of benzene rings is 2. The van der Waals surface area contributed by atoms with Crippen molar-refractivity contribution in [3.8, 4) is 11.3 Å². The maximum Gasteiger partial charge on any atom is 0.312 e. The Balaban J connectivity index is 1.69. The molecule has 2 aromatic heterocycles. The Morgan fingerprint density at radius 3 is 2.68 bits per heavy atom. The molecule has 0 amide bonds. The van der Waals surface area contributed by atoms with Gasteiger partial charge in [0, 0.05) is 53.3 Å². The van der Waals surface area contributed by atoms with Crippen molar-refractivity contribution >= 4 is 16.9 Å². The van der Waals surface area contributed by atoms with E-state index in [0.717, 1.165) is 32.4 Å². The molecule has 0 N–H and O–H groups in total. The van der Waals surface area contributed by atoms with Gasteiger partial charge in [-0.15, -0.1) is 0 Å². The minimum atomic E-state index is -0.593. The highest BCUT2D eigenvalue weighted by atomic mass is 16.5. The Labute approximate surface area is 219 Å². The molecule has 5 heteroatoms. The summed E-state index contributed by atoms with van der Waals surface area (Å²) in [5.74, 6) is 0.384. The Bertz CT molecular complexity index is 1480. The van der Waals surface area contributed by atoms with Gasteiger partial charge in [0.15, 0.2) is 0 Å². The molecule has 0 saturated heterocycles. The summed E-state index contributed by atoms with van der Waals surface area (Å²) in [6, 6.07) is 15.9. The summed E-state index contributed by atoms with van der Waals surface area (Å²) in [6.45, 7) is 10.7. The first kappa shape index (κ1) is 24.0. The number of nitrogens with zero attached hydrogens (tertiary/aromatic N) is 3. The van der Waals surface area contributed by atoms with Crippen LogP contribution in [0.2, 0.25) is 0 Å². The second kappa shape index (κ2) is 8.61. The number of imidazole rings is 1. The summed E-state index contributed by atoms with van der Waals surface area (Å²) in [4.78, 5) is 17.8. The summed E-state index contributed by atoms with van der Waals surface area (Å²) in [5, 5.41) is 1.26. The third kappa shape index (κ3) is 3.43. The predicted octanol–water partition coefficient (Wildman–Crippen LogP) is 7.05. The maximum atomic E-state index is 13.5. The lowest BCUT2D eigenvalue weighted by Gasteiger charge is -2.54. The normalized spacial score (nSPS) is 24.5. The molecule has 1 unspecified atom stereocenters. The van der Waals surface area contributed by atoms with Gasteiger partial charge in [-0.3, -0.25) is 4.79 Å². The van der Waals surface area contributed by atoms with E-state index in [9.17, 15) is 4.79 Å². The van der Waals surface area contributed by atoms with Crippen molar-refractivity contribution in [2.45, 2.75) is 77.3 Å². The number of esters is 1. The van der Waals surface area contributed by atoms with Crippen molar-refractivity contribution in [3.63, 3.8) is 0 Å². The average molecular weight is 496 g/mol. The number of para-hydroxylation sites is 1. The first-order chi connectivity index (χ1) is 17.8. The molecule has 2 aromatic carbocycles. The van der Waals surface area contributed by atoms with Crippen LogP contribution in [-0.4, -0.2) is 27.2 Å². The Morgan fingerprint density at radius 2 is 1.95 bits per heavy atom. The summed E-state index contributed by atoms with van der Waals surface area (Å²) in [5.41, 5.74) is 7.14. The summed E-state index contributed by atoms with van der Waals surface area (Å²) >= 11 is 0. The highest BCUT2D eigenvalue weighted by Crippen LogP contribution is 2.65. The van der Waals surface area contributed by atoms with Gasteiger partial charge in [-0.05, 0) is 54.5 Å².